The van der Waals surface area contributed by atoms with Crippen LogP contribution in [0.2, 0.25) is 0 Å². The molecule has 4 nitrogen and oxygen atoms in total. The Morgan fingerprint density at radius 2 is 1.92 bits per heavy atom. The molecule has 2 aromatic rings. The minimum atomic E-state index is -0.489. The molecule has 3 rings (SSSR count). The van der Waals surface area contributed by atoms with Gasteiger partial charge in [0.15, 0.2) is 0 Å². The van der Waals surface area contributed by atoms with Crippen LogP contribution in [-0.4, -0.2) is 18.3 Å². The lowest BCUT2D eigenvalue weighted by Crippen LogP contribution is -2.29. The van der Waals surface area contributed by atoms with E-state index in [0.29, 0.717) is 30.2 Å². The number of hydrogen-bond acceptors (Lipinski definition) is 3. The summed E-state index contributed by atoms with van der Waals surface area (Å²) in [5.41, 5.74) is 3.95. The maximum atomic E-state index is 12.5. The Kier molecular flexibility index (Phi) is 4.21. The summed E-state index contributed by atoms with van der Waals surface area (Å²) in [7, 11) is 0. The van der Waals surface area contributed by atoms with Crippen LogP contribution in [0.1, 0.15) is 27.0 Å². The van der Waals surface area contributed by atoms with Gasteiger partial charge in [-0.15, -0.1) is 0 Å². The smallest absolute Gasteiger partial charge is 0.299 e. The molecule has 0 bridgehead atoms. The number of anilines is 1. The first-order chi connectivity index (χ1) is 11.5. The topological polar surface area (TPSA) is 46.6 Å². The largest absolute Gasteiger partial charge is 0.489 e. The fourth-order valence-corrected chi connectivity index (χ4v) is 3.08. The molecule has 0 aliphatic carbocycles. The molecular weight excluding hydrogens is 302 g/mol. The van der Waals surface area contributed by atoms with Gasteiger partial charge < -0.3 is 4.74 Å². The average molecular weight is 321 g/mol. The van der Waals surface area contributed by atoms with Gasteiger partial charge >= 0.3 is 0 Å². The predicted octanol–water partition coefficient (Wildman–Crippen LogP) is 3.60. The second kappa shape index (κ2) is 6.32. The molecule has 2 aromatic carbocycles. The molecule has 1 aliphatic rings. The molecule has 1 heterocycles. The first-order valence-corrected chi connectivity index (χ1v) is 7.82. The van der Waals surface area contributed by atoms with Crippen molar-refractivity contribution < 1.29 is 14.3 Å². The molecule has 0 N–H and O–H groups in total. The van der Waals surface area contributed by atoms with E-state index < -0.39 is 11.7 Å². The van der Waals surface area contributed by atoms with Crippen LogP contribution in [0.3, 0.4) is 0 Å². The number of ether oxygens (including phenoxy) is 1. The Bertz CT molecular complexity index is 839. The van der Waals surface area contributed by atoms with Gasteiger partial charge in [-0.25, -0.2) is 0 Å². The quantitative estimate of drug-likeness (QED) is 0.624. The molecule has 0 fully saturated rings. The fraction of sp³-hybridized carbons (Fsp3) is 0.200. The highest BCUT2D eigenvalue weighted by Crippen LogP contribution is 2.35. The first-order valence-electron chi connectivity index (χ1n) is 7.82. The second-order valence-corrected chi connectivity index (χ2v) is 5.91. The average Bonchev–Trinajstić information content (AvgIpc) is 2.79. The summed E-state index contributed by atoms with van der Waals surface area (Å²) in [5.74, 6) is -0.241. The Hall–Kier alpha value is -2.88. The summed E-state index contributed by atoms with van der Waals surface area (Å²) in [4.78, 5) is 26.3. The van der Waals surface area contributed by atoms with E-state index in [1.165, 1.54) is 0 Å². The van der Waals surface area contributed by atoms with Gasteiger partial charge in [0.05, 0.1) is 17.8 Å². The van der Waals surface area contributed by atoms with Gasteiger partial charge in [-0.2, -0.15) is 0 Å². The van der Waals surface area contributed by atoms with Crippen molar-refractivity contribution in [3.05, 3.63) is 71.3 Å². The number of fused-ring (bicyclic) bond motifs is 1. The first kappa shape index (κ1) is 16.0. The van der Waals surface area contributed by atoms with Crippen LogP contribution < -0.4 is 9.64 Å². The summed E-state index contributed by atoms with van der Waals surface area (Å²) in [6.07, 6.45) is 1.67. The van der Waals surface area contributed by atoms with Crippen molar-refractivity contribution in [2.24, 2.45) is 0 Å². The molecular formula is C20H19NO3. The van der Waals surface area contributed by atoms with Gasteiger partial charge in [-0.1, -0.05) is 36.9 Å². The van der Waals surface area contributed by atoms with Crippen molar-refractivity contribution >= 4 is 17.4 Å². The molecule has 0 saturated carbocycles. The number of hydrogen-bond donors (Lipinski definition) is 0. The Labute approximate surface area is 141 Å². The SMILES string of the molecule is C=CCOc1ccccc1CN1C(=O)C(=O)c2cc(C)cc(C)c21. The van der Waals surface area contributed by atoms with Gasteiger partial charge in [-0.05, 0) is 37.1 Å². The zero-order valence-electron chi connectivity index (χ0n) is 13.8. The van der Waals surface area contributed by atoms with Gasteiger partial charge in [0.1, 0.15) is 12.4 Å². The van der Waals surface area contributed by atoms with Crippen LogP contribution in [0.4, 0.5) is 5.69 Å². The van der Waals surface area contributed by atoms with E-state index in [9.17, 15) is 9.59 Å². The Balaban J connectivity index is 2.00. The van der Waals surface area contributed by atoms with Crippen LogP contribution in [0.5, 0.6) is 5.75 Å². The van der Waals surface area contributed by atoms with E-state index in [2.05, 4.69) is 6.58 Å². The number of amides is 1. The molecule has 4 heteroatoms. The Morgan fingerprint density at radius 1 is 1.17 bits per heavy atom. The van der Waals surface area contributed by atoms with Crippen molar-refractivity contribution in [1.29, 1.82) is 0 Å². The predicted molar refractivity (Wildman–Crippen MR) is 93.6 cm³/mol. The van der Waals surface area contributed by atoms with Crippen molar-refractivity contribution in [2.75, 3.05) is 11.5 Å². The van der Waals surface area contributed by atoms with Gasteiger partial charge in [-0.3, -0.25) is 14.5 Å². The molecule has 0 unspecified atom stereocenters. The van der Waals surface area contributed by atoms with Gasteiger partial charge in [0.25, 0.3) is 11.7 Å². The number of aryl methyl sites for hydroxylation is 2. The highest BCUT2D eigenvalue weighted by molar-refractivity contribution is 6.52. The summed E-state index contributed by atoms with van der Waals surface area (Å²) >= 11 is 0. The lowest BCUT2D eigenvalue weighted by Gasteiger charge is -2.20. The third-order valence-electron chi connectivity index (χ3n) is 4.06. The summed E-state index contributed by atoms with van der Waals surface area (Å²) in [5, 5.41) is 0. The zero-order chi connectivity index (χ0) is 17.3. The van der Waals surface area contributed by atoms with Crippen LogP contribution in [0.15, 0.2) is 49.1 Å². The van der Waals surface area contributed by atoms with Crippen LogP contribution in [-0.2, 0) is 11.3 Å². The van der Waals surface area contributed by atoms with Gasteiger partial charge in [0, 0.05) is 5.56 Å². The number of rotatable bonds is 5. The lowest BCUT2D eigenvalue weighted by molar-refractivity contribution is -0.114. The third kappa shape index (κ3) is 2.71. The third-order valence-corrected chi connectivity index (χ3v) is 4.06. The van der Waals surface area contributed by atoms with Crippen molar-refractivity contribution in [3.8, 4) is 5.75 Å². The van der Waals surface area contributed by atoms with E-state index in [1.54, 1.807) is 17.0 Å². The molecule has 0 aromatic heterocycles. The van der Waals surface area contributed by atoms with Crippen molar-refractivity contribution in [2.45, 2.75) is 20.4 Å². The van der Waals surface area contributed by atoms with E-state index in [4.69, 9.17) is 4.74 Å². The number of ketones is 1. The zero-order valence-corrected chi connectivity index (χ0v) is 13.8. The standard InChI is InChI=1S/C20H19NO3/c1-4-9-24-17-8-6-5-7-15(17)12-21-18-14(3)10-13(2)11-16(18)19(22)20(21)23/h4-8,10-11H,1,9,12H2,2-3H3. The monoisotopic (exact) mass is 321 g/mol. The molecule has 0 saturated heterocycles. The van der Waals surface area contributed by atoms with E-state index in [1.807, 2.05) is 44.2 Å². The minimum absolute atomic E-state index is 0.300. The molecule has 0 atom stereocenters. The van der Waals surface area contributed by atoms with Crippen molar-refractivity contribution in [3.63, 3.8) is 0 Å². The summed E-state index contributed by atoms with van der Waals surface area (Å²) in [6, 6.07) is 11.3. The summed E-state index contributed by atoms with van der Waals surface area (Å²) in [6.45, 7) is 8.18. The second-order valence-electron chi connectivity index (χ2n) is 5.91. The highest BCUT2D eigenvalue weighted by Gasteiger charge is 2.37. The molecule has 1 amide bonds. The number of Topliss-reactive ketones (excluding diaryl/α,β-unsaturated/α-hetero) is 1. The lowest BCUT2D eigenvalue weighted by atomic mass is 10.0. The van der Waals surface area contributed by atoms with Crippen LogP contribution >= 0.6 is 0 Å². The van der Waals surface area contributed by atoms with E-state index in [-0.39, 0.29) is 0 Å². The normalized spacial score (nSPS) is 13.2. The number of carbonyl (C=O) groups is 2. The Morgan fingerprint density at radius 3 is 2.67 bits per heavy atom. The molecule has 1 aliphatic heterocycles. The molecule has 0 spiro atoms. The number of carbonyl (C=O) groups excluding carboxylic acids is 2. The number of benzene rings is 2. The maximum Gasteiger partial charge on any atom is 0.299 e. The van der Waals surface area contributed by atoms with Crippen LogP contribution in [0, 0.1) is 13.8 Å². The van der Waals surface area contributed by atoms with Crippen LogP contribution in [0.25, 0.3) is 0 Å². The van der Waals surface area contributed by atoms with Crippen molar-refractivity contribution in [1.82, 2.24) is 0 Å². The molecule has 0 radical (unpaired) electrons. The van der Waals surface area contributed by atoms with E-state index in [0.717, 1.165) is 16.7 Å². The number of nitrogens with zero attached hydrogens (tertiary/aromatic N) is 1. The minimum Gasteiger partial charge on any atom is -0.489 e. The highest BCUT2D eigenvalue weighted by atomic mass is 16.5. The molecule has 24 heavy (non-hydrogen) atoms. The van der Waals surface area contributed by atoms with Gasteiger partial charge in [0.2, 0.25) is 0 Å². The maximum absolute atomic E-state index is 12.5. The fourth-order valence-electron chi connectivity index (χ4n) is 3.08. The molecule has 122 valence electrons. The number of para-hydroxylation sites is 1. The summed E-state index contributed by atoms with van der Waals surface area (Å²) < 4.78 is 5.66. The van der Waals surface area contributed by atoms with E-state index >= 15 is 0 Å².